The fraction of sp³-hybridized carbons (Fsp3) is 0.0909. The molecule has 1 aromatic heterocycles. The van der Waals surface area contributed by atoms with Crippen LogP contribution in [0.5, 0.6) is 0 Å². The second kappa shape index (κ2) is 7.87. The molecular formula is C22H15F3N2O2S. The SMILES string of the molecule is Cc1ccc(N=C2NC(=O)S/C2=C\c2ccc(-c3cccc(C(F)(F)F)c3)o2)cc1. The molecule has 0 saturated carbocycles. The van der Waals surface area contributed by atoms with Gasteiger partial charge in [0.1, 0.15) is 17.4 Å². The minimum absolute atomic E-state index is 0.267. The number of nitrogens with zero attached hydrogens (tertiary/aromatic N) is 1. The molecule has 1 saturated heterocycles. The Labute approximate surface area is 174 Å². The molecule has 2 aromatic carbocycles. The zero-order chi connectivity index (χ0) is 21.3. The van der Waals surface area contributed by atoms with Gasteiger partial charge in [-0.1, -0.05) is 29.8 Å². The van der Waals surface area contributed by atoms with Gasteiger partial charge in [0.25, 0.3) is 5.24 Å². The first-order chi connectivity index (χ1) is 14.3. The minimum Gasteiger partial charge on any atom is -0.457 e. The molecule has 0 radical (unpaired) electrons. The quantitative estimate of drug-likeness (QED) is 0.499. The van der Waals surface area contributed by atoms with Gasteiger partial charge >= 0.3 is 6.18 Å². The van der Waals surface area contributed by atoms with Crippen LogP contribution in [0.1, 0.15) is 16.9 Å². The molecule has 0 unspecified atom stereocenters. The van der Waals surface area contributed by atoms with Crippen molar-refractivity contribution in [1.82, 2.24) is 5.32 Å². The number of hydrogen-bond donors (Lipinski definition) is 1. The summed E-state index contributed by atoms with van der Waals surface area (Å²) < 4.78 is 44.5. The summed E-state index contributed by atoms with van der Waals surface area (Å²) in [7, 11) is 0. The van der Waals surface area contributed by atoms with E-state index in [1.54, 1.807) is 24.3 Å². The highest BCUT2D eigenvalue weighted by atomic mass is 32.2. The maximum atomic E-state index is 12.9. The standard InChI is InChI=1S/C22H15F3N2O2S/c1-13-5-7-16(8-6-13)26-20-19(30-21(28)27-20)12-17-9-10-18(29-17)14-3-2-4-15(11-14)22(23,24)25/h2-12H,1H3,(H,26,27,28)/b19-12-. The van der Waals surface area contributed by atoms with E-state index in [2.05, 4.69) is 10.3 Å². The molecule has 1 amide bonds. The van der Waals surface area contributed by atoms with Crippen molar-refractivity contribution in [2.24, 2.45) is 4.99 Å². The largest absolute Gasteiger partial charge is 0.457 e. The third-order valence-corrected chi connectivity index (χ3v) is 5.12. The molecular weight excluding hydrogens is 413 g/mol. The maximum Gasteiger partial charge on any atom is 0.416 e. The molecule has 1 aliphatic heterocycles. The summed E-state index contributed by atoms with van der Waals surface area (Å²) in [6.07, 6.45) is -2.80. The number of carbonyl (C=O) groups excluding carboxylic acids is 1. The second-order valence-corrected chi connectivity index (χ2v) is 7.61. The predicted molar refractivity (Wildman–Crippen MR) is 112 cm³/mol. The van der Waals surface area contributed by atoms with Gasteiger partial charge in [-0.3, -0.25) is 4.79 Å². The normalized spacial score (nSPS) is 17.0. The van der Waals surface area contributed by atoms with Crippen LogP contribution in [-0.4, -0.2) is 11.1 Å². The van der Waals surface area contributed by atoms with Gasteiger partial charge in [-0.15, -0.1) is 0 Å². The van der Waals surface area contributed by atoms with Gasteiger partial charge in [0.15, 0.2) is 0 Å². The molecule has 1 aliphatic rings. The van der Waals surface area contributed by atoms with Crippen LogP contribution < -0.4 is 5.32 Å². The van der Waals surface area contributed by atoms with Crippen LogP contribution in [0.2, 0.25) is 0 Å². The summed E-state index contributed by atoms with van der Waals surface area (Å²) in [5, 5.41) is 2.42. The number of amidine groups is 1. The number of rotatable bonds is 3. The number of hydrogen-bond acceptors (Lipinski definition) is 4. The summed E-state index contributed by atoms with van der Waals surface area (Å²) in [5.41, 5.74) is 1.35. The molecule has 0 bridgehead atoms. The number of aliphatic imine (C=N–C) groups is 1. The number of carbonyl (C=O) groups is 1. The molecule has 3 aromatic rings. The van der Waals surface area contributed by atoms with Gasteiger partial charge < -0.3 is 9.73 Å². The van der Waals surface area contributed by atoms with E-state index < -0.39 is 11.7 Å². The highest BCUT2D eigenvalue weighted by Crippen LogP contribution is 2.34. The number of benzene rings is 2. The Morgan fingerprint density at radius 2 is 1.83 bits per heavy atom. The average molecular weight is 428 g/mol. The number of halogens is 3. The van der Waals surface area contributed by atoms with Gasteiger partial charge in [-0.2, -0.15) is 13.2 Å². The van der Waals surface area contributed by atoms with Gasteiger partial charge in [0.2, 0.25) is 0 Å². The summed E-state index contributed by atoms with van der Waals surface area (Å²) >= 11 is 0.973. The number of amides is 1. The van der Waals surface area contributed by atoms with E-state index in [0.717, 1.165) is 29.5 Å². The maximum absolute atomic E-state index is 12.9. The van der Waals surface area contributed by atoms with E-state index in [1.165, 1.54) is 6.07 Å². The number of alkyl halides is 3. The fourth-order valence-electron chi connectivity index (χ4n) is 2.82. The summed E-state index contributed by atoms with van der Waals surface area (Å²) in [6, 6.07) is 15.7. The van der Waals surface area contributed by atoms with Crippen LogP contribution in [0.3, 0.4) is 0 Å². The van der Waals surface area contributed by atoms with Gasteiger partial charge in [0.05, 0.1) is 16.2 Å². The predicted octanol–water partition coefficient (Wildman–Crippen LogP) is 6.80. The molecule has 1 fully saturated rings. The van der Waals surface area contributed by atoms with E-state index in [1.807, 2.05) is 31.2 Å². The molecule has 0 spiro atoms. The van der Waals surface area contributed by atoms with Gasteiger partial charge in [0, 0.05) is 5.56 Å². The van der Waals surface area contributed by atoms with E-state index in [9.17, 15) is 18.0 Å². The zero-order valence-corrected chi connectivity index (χ0v) is 16.5. The van der Waals surface area contributed by atoms with Crippen molar-refractivity contribution in [3.8, 4) is 11.3 Å². The Balaban J connectivity index is 1.63. The molecule has 30 heavy (non-hydrogen) atoms. The van der Waals surface area contributed by atoms with Crippen LogP contribution in [0.15, 0.2) is 75.0 Å². The van der Waals surface area contributed by atoms with E-state index in [4.69, 9.17) is 4.42 Å². The molecule has 1 N–H and O–H groups in total. The van der Waals surface area contributed by atoms with Crippen molar-refractivity contribution in [2.45, 2.75) is 13.1 Å². The highest BCUT2D eigenvalue weighted by Gasteiger charge is 2.30. The van der Waals surface area contributed by atoms with Crippen molar-refractivity contribution in [3.63, 3.8) is 0 Å². The van der Waals surface area contributed by atoms with E-state index in [-0.39, 0.29) is 5.24 Å². The first-order valence-corrected chi connectivity index (χ1v) is 9.73. The van der Waals surface area contributed by atoms with Crippen LogP contribution in [-0.2, 0) is 6.18 Å². The van der Waals surface area contributed by atoms with Crippen LogP contribution in [0.4, 0.5) is 23.7 Å². The van der Waals surface area contributed by atoms with Crippen molar-refractivity contribution >= 4 is 34.6 Å². The number of furan rings is 1. The number of aryl methyl sites for hydroxylation is 1. The fourth-order valence-corrected chi connectivity index (χ4v) is 3.54. The van der Waals surface area contributed by atoms with Crippen molar-refractivity contribution in [3.05, 3.63) is 82.5 Å². The lowest BCUT2D eigenvalue weighted by Gasteiger charge is -2.07. The van der Waals surface area contributed by atoms with Gasteiger partial charge in [-0.05, 0) is 61.2 Å². The molecule has 0 atom stereocenters. The third-order valence-electron chi connectivity index (χ3n) is 4.31. The molecule has 152 valence electrons. The Bertz CT molecular complexity index is 1160. The second-order valence-electron chi connectivity index (χ2n) is 6.60. The van der Waals surface area contributed by atoms with Crippen LogP contribution >= 0.6 is 11.8 Å². The summed E-state index contributed by atoms with van der Waals surface area (Å²) in [6.45, 7) is 1.97. The van der Waals surface area contributed by atoms with E-state index >= 15 is 0 Å². The smallest absolute Gasteiger partial charge is 0.416 e. The molecule has 4 nitrogen and oxygen atoms in total. The Hall–Kier alpha value is -3.26. The number of nitrogens with one attached hydrogen (secondary N) is 1. The molecule has 8 heteroatoms. The van der Waals surface area contributed by atoms with Crippen LogP contribution in [0.25, 0.3) is 17.4 Å². The Kier molecular flexibility index (Phi) is 5.26. The van der Waals surface area contributed by atoms with Crippen molar-refractivity contribution < 1.29 is 22.4 Å². The molecule has 0 aliphatic carbocycles. The first-order valence-electron chi connectivity index (χ1n) is 8.92. The minimum atomic E-state index is -4.43. The average Bonchev–Trinajstić information content (AvgIpc) is 3.30. The number of thioether (sulfide) groups is 1. The first kappa shape index (κ1) is 20.0. The topological polar surface area (TPSA) is 54.6 Å². The lowest BCUT2D eigenvalue weighted by atomic mass is 10.1. The monoisotopic (exact) mass is 428 g/mol. The summed E-state index contributed by atoms with van der Waals surface area (Å²) in [4.78, 5) is 16.9. The van der Waals surface area contributed by atoms with Gasteiger partial charge in [-0.25, -0.2) is 4.99 Å². The lowest BCUT2D eigenvalue weighted by molar-refractivity contribution is -0.137. The lowest BCUT2D eigenvalue weighted by Crippen LogP contribution is -2.18. The Morgan fingerprint density at radius 1 is 1.07 bits per heavy atom. The molecule has 4 rings (SSSR count). The van der Waals surface area contributed by atoms with Crippen molar-refractivity contribution in [1.29, 1.82) is 0 Å². The summed E-state index contributed by atoms with van der Waals surface area (Å²) in [5.74, 6) is 1.09. The highest BCUT2D eigenvalue weighted by molar-refractivity contribution is 8.18. The Morgan fingerprint density at radius 3 is 2.57 bits per heavy atom. The molecule has 2 heterocycles. The third kappa shape index (κ3) is 4.49. The zero-order valence-electron chi connectivity index (χ0n) is 15.7. The van der Waals surface area contributed by atoms with E-state index in [0.29, 0.717) is 33.5 Å². The van der Waals surface area contributed by atoms with Crippen LogP contribution in [0, 0.1) is 6.92 Å². The van der Waals surface area contributed by atoms with Crippen molar-refractivity contribution in [2.75, 3.05) is 0 Å².